The molecule has 0 N–H and O–H groups in total. The lowest BCUT2D eigenvalue weighted by Crippen LogP contribution is -2.20. The molecule has 47 valence electrons. The van der Waals surface area contributed by atoms with Crippen molar-refractivity contribution >= 4 is 23.2 Å². The van der Waals surface area contributed by atoms with Gasteiger partial charge in [0, 0.05) is 4.92 Å². The Balaban J connectivity index is 2.66. The second-order valence-electron chi connectivity index (χ2n) is 1.30. The van der Waals surface area contributed by atoms with Gasteiger partial charge in [0.2, 0.25) is 0 Å². The van der Waals surface area contributed by atoms with Gasteiger partial charge in [-0.15, -0.1) is 0 Å². The number of thioether (sulfide) groups is 1. The molecule has 0 aromatic rings. The van der Waals surface area contributed by atoms with Crippen molar-refractivity contribution in [3.05, 3.63) is 10.1 Å². The summed E-state index contributed by atoms with van der Waals surface area (Å²) < 4.78 is 0. The molecule has 1 amide bonds. The van der Waals surface area contributed by atoms with Gasteiger partial charge in [0.1, 0.15) is 5.55 Å². The van der Waals surface area contributed by atoms with E-state index in [0.29, 0.717) is 11.8 Å². The number of rotatable bonds is 1. The van der Waals surface area contributed by atoms with E-state index in [9.17, 15) is 14.9 Å². The molecule has 1 atom stereocenters. The molecule has 0 saturated carbocycles. The predicted octanol–water partition coefficient (Wildman–Crippen LogP) is -0.232. The quantitative estimate of drug-likeness (QED) is 0.377. The summed E-state index contributed by atoms with van der Waals surface area (Å²) >= 11 is 0.693. The summed E-state index contributed by atoms with van der Waals surface area (Å²) in [5.74, 6) is -0.731. The first-order chi connectivity index (χ1) is 4.22. The molecule has 1 radical (unpaired) electrons. The summed E-state index contributed by atoms with van der Waals surface area (Å²) in [6.07, 6.45) is 0. The van der Waals surface area contributed by atoms with Gasteiger partial charge in [0.25, 0.3) is 0 Å². The van der Waals surface area contributed by atoms with Gasteiger partial charge in [-0.2, -0.15) is 4.99 Å². The molecule has 1 unspecified atom stereocenters. The summed E-state index contributed by atoms with van der Waals surface area (Å²) in [5, 5.41) is 8.63. The molecule has 5 nitrogen and oxygen atoms in total. The van der Waals surface area contributed by atoms with Crippen LogP contribution >= 0.6 is 11.8 Å². The SMILES string of the molecule is O=C1N=[C]SC1[N+](=O)[O-]. The van der Waals surface area contributed by atoms with E-state index in [0.717, 1.165) is 0 Å². The monoisotopic (exact) mass is 145 g/mol. The van der Waals surface area contributed by atoms with Crippen molar-refractivity contribution in [1.29, 1.82) is 0 Å². The first-order valence-corrected chi connectivity index (χ1v) is 2.88. The maximum absolute atomic E-state index is 10.3. The Kier molecular flexibility index (Phi) is 1.48. The molecule has 0 spiro atoms. The zero-order valence-corrected chi connectivity index (χ0v) is 4.92. The predicted molar refractivity (Wildman–Crippen MR) is 30.8 cm³/mol. The third-order valence-electron chi connectivity index (χ3n) is 0.723. The molecule has 0 aliphatic carbocycles. The number of hydrogen-bond donors (Lipinski definition) is 0. The van der Waals surface area contributed by atoms with Crippen molar-refractivity contribution in [2.24, 2.45) is 4.99 Å². The van der Waals surface area contributed by atoms with Gasteiger partial charge >= 0.3 is 11.3 Å². The highest BCUT2D eigenvalue weighted by Crippen LogP contribution is 2.15. The minimum Gasteiger partial charge on any atom is -0.263 e. The number of nitrogens with zero attached hydrogens (tertiary/aromatic N) is 2. The second-order valence-corrected chi connectivity index (χ2v) is 2.16. The molecule has 9 heavy (non-hydrogen) atoms. The molecule has 0 aromatic carbocycles. The fourth-order valence-electron chi connectivity index (χ4n) is 0.360. The first kappa shape index (κ1) is 6.21. The maximum Gasteiger partial charge on any atom is 0.343 e. The van der Waals surface area contributed by atoms with Crippen molar-refractivity contribution in [3.8, 4) is 0 Å². The molecule has 1 rings (SSSR count). The van der Waals surface area contributed by atoms with Gasteiger partial charge in [0.05, 0.1) is 0 Å². The van der Waals surface area contributed by atoms with E-state index in [1.54, 1.807) is 0 Å². The van der Waals surface area contributed by atoms with Crippen LogP contribution in [0.2, 0.25) is 0 Å². The fraction of sp³-hybridized carbons (Fsp3) is 0.333. The Morgan fingerprint density at radius 3 is 2.78 bits per heavy atom. The van der Waals surface area contributed by atoms with E-state index in [4.69, 9.17) is 0 Å². The second kappa shape index (κ2) is 2.14. The molecular formula is C3HN2O3S. The number of amides is 1. The number of aliphatic imine (C=N–C) groups is 1. The summed E-state index contributed by atoms with van der Waals surface area (Å²) in [4.78, 5) is 22.6. The Hall–Kier alpha value is -0.910. The molecule has 0 bridgehead atoms. The van der Waals surface area contributed by atoms with Gasteiger partial charge < -0.3 is 0 Å². The topological polar surface area (TPSA) is 72.6 Å². The number of carbonyl (C=O) groups excluding carboxylic acids is 1. The van der Waals surface area contributed by atoms with E-state index in [2.05, 4.69) is 10.5 Å². The lowest BCUT2D eigenvalue weighted by atomic mass is 10.6. The largest absolute Gasteiger partial charge is 0.343 e. The van der Waals surface area contributed by atoms with Crippen molar-refractivity contribution < 1.29 is 9.72 Å². The summed E-state index contributed by atoms with van der Waals surface area (Å²) in [6, 6.07) is 0. The molecule has 0 saturated heterocycles. The first-order valence-electron chi connectivity index (χ1n) is 2.00. The Labute approximate surface area is 54.3 Å². The van der Waals surface area contributed by atoms with Crippen molar-refractivity contribution in [2.75, 3.05) is 0 Å². The van der Waals surface area contributed by atoms with Crippen LogP contribution < -0.4 is 0 Å². The van der Waals surface area contributed by atoms with E-state index in [1.807, 2.05) is 0 Å². The molecule has 1 aliphatic rings. The van der Waals surface area contributed by atoms with E-state index in [-0.39, 0.29) is 0 Å². The highest BCUT2D eigenvalue weighted by atomic mass is 32.2. The number of carbonyl (C=O) groups is 1. The van der Waals surface area contributed by atoms with Crippen LogP contribution in [0.5, 0.6) is 0 Å². The Bertz CT molecular complexity index is 189. The van der Waals surface area contributed by atoms with Gasteiger partial charge in [-0.05, 0) is 11.8 Å². The van der Waals surface area contributed by atoms with Crippen molar-refractivity contribution in [2.45, 2.75) is 5.37 Å². The minimum absolute atomic E-state index is 0.684. The van der Waals surface area contributed by atoms with Gasteiger partial charge in [-0.1, -0.05) is 0 Å². The standard InChI is InChI=1S/C3HN2O3S/c6-2-3(5(7)8)9-1-4-2/h3H. The number of hydrogen-bond acceptors (Lipinski definition) is 4. The molecular weight excluding hydrogens is 144 g/mol. The Morgan fingerprint density at radius 2 is 2.56 bits per heavy atom. The fourth-order valence-corrected chi connectivity index (χ4v) is 0.842. The van der Waals surface area contributed by atoms with Gasteiger partial charge in [-0.3, -0.25) is 14.9 Å². The van der Waals surface area contributed by atoms with Crippen molar-refractivity contribution in [3.63, 3.8) is 0 Å². The van der Waals surface area contributed by atoms with Crippen LogP contribution in [-0.4, -0.2) is 21.8 Å². The average Bonchev–Trinajstić information content (AvgIpc) is 2.13. The van der Waals surface area contributed by atoms with Crippen LogP contribution in [0.1, 0.15) is 0 Å². The lowest BCUT2D eigenvalue weighted by molar-refractivity contribution is -0.481. The summed E-state index contributed by atoms with van der Waals surface area (Å²) in [6.45, 7) is 0. The molecule has 0 aromatic heterocycles. The van der Waals surface area contributed by atoms with Crippen LogP contribution in [0.4, 0.5) is 0 Å². The molecule has 1 aliphatic heterocycles. The van der Waals surface area contributed by atoms with Crippen LogP contribution in [0, 0.1) is 10.1 Å². The Morgan fingerprint density at radius 1 is 1.89 bits per heavy atom. The van der Waals surface area contributed by atoms with Crippen LogP contribution in [0.15, 0.2) is 4.99 Å². The normalized spacial score (nSPS) is 24.9. The van der Waals surface area contributed by atoms with Crippen LogP contribution in [-0.2, 0) is 4.79 Å². The molecule has 1 heterocycles. The van der Waals surface area contributed by atoms with E-state index >= 15 is 0 Å². The third kappa shape index (κ3) is 1.07. The van der Waals surface area contributed by atoms with Crippen LogP contribution in [0.3, 0.4) is 0 Å². The summed E-state index contributed by atoms with van der Waals surface area (Å²) in [7, 11) is 0. The minimum atomic E-state index is -1.25. The maximum atomic E-state index is 10.3. The average molecular weight is 145 g/mol. The van der Waals surface area contributed by atoms with E-state index < -0.39 is 16.2 Å². The zero-order chi connectivity index (χ0) is 6.85. The summed E-state index contributed by atoms with van der Waals surface area (Å²) in [5.41, 5.74) is 2.15. The highest BCUT2D eigenvalue weighted by Gasteiger charge is 2.33. The van der Waals surface area contributed by atoms with Crippen LogP contribution in [0.25, 0.3) is 0 Å². The third-order valence-corrected chi connectivity index (χ3v) is 1.52. The highest BCUT2D eigenvalue weighted by molar-refractivity contribution is 8.13. The van der Waals surface area contributed by atoms with Gasteiger partial charge in [0.15, 0.2) is 0 Å². The smallest absolute Gasteiger partial charge is 0.263 e. The molecule has 6 heteroatoms. The van der Waals surface area contributed by atoms with Gasteiger partial charge in [-0.25, -0.2) is 0 Å². The molecule has 0 fully saturated rings. The van der Waals surface area contributed by atoms with E-state index in [1.165, 1.54) is 0 Å². The lowest BCUT2D eigenvalue weighted by Gasteiger charge is -1.91. The zero-order valence-electron chi connectivity index (χ0n) is 4.10. The number of nitro groups is 1. The van der Waals surface area contributed by atoms with Crippen molar-refractivity contribution in [1.82, 2.24) is 0 Å².